The van der Waals surface area contributed by atoms with Crippen molar-refractivity contribution < 1.29 is 4.79 Å². The largest absolute Gasteiger partial charge is 0.333 e. The monoisotopic (exact) mass is 496 g/mol. The van der Waals surface area contributed by atoms with E-state index in [2.05, 4.69) is 19.2 Å². The highest BCUT2D eigenvalue weighted by molar-refractivity contribution is 6.30. The Morgan fingerprint density at radius 2 is 1.86 bits per heavy atom. The second kappa shape index (κ2) is 10.8. The van der Waals surface area contributed by atoms with Crippen molar-refractivity contribution in [2.45, 2.75) is 72.9 Å². The maximum atomic E-state index is 13.9. The van der Waals surface area contributed by atoms with Crippen LogP contribution in [0.2, 0.25) is 5.02 Å². The first-order valence-corrected chi connectivity index (χ1v) is 12.7. The zero-order valence-electron chi connectivity index (χ0n) is 21.9. The first-order chi connectivity index (χ1) is 16.4. The molecule has 2 aromatic carbocycles. The predicted octanol–water partition coefficient (Wildman–Crippen LogP) is 6.65. The zero-order chi connectivity index (χ0) is 25.9. The molecule has 0 radical (unpaired) electrons. The molecule has 1 unspecified atom stereocenters. The summed E-state index contributed by atoms with van der Waals surface area (Å²) in [5.41, 5.74) is 1.64. The lowest BCUT2D eigenvalue weighted by Crippen LogP contribution is -2.50. The van der Waals surface area contributed by atoms with E-state index in [-0.39, 0.29) is 11.6 Å². The van der Waals surface area contributed by atoms with Gasteiger partial charge in [0.15, 0.2) is 0 Å². The maximum Gasteiger partial charge on any atom is 0.318 e. The molecular weight excluding hydrogens is 460 g/mol. The van der Waals surface area contributed by atoms with Gasteiger partial charge in [-0.3, -0.25) is 9.36 Å². The van der Waals surface area contributed by atoms with Gasteiger partial charge in [-0.2, -0.15) is 0 Å². The van der Waals surface area contributed by atoms with Gasteiger partial charge in [-0.1, -0.05) is 44.5 Å². The number of carbonyl (C=O) groups excluding carboxylic acids is 1. The average molecular weight is 497 g/mol. The first kappa shape index (κ1) is 26.7. The Balaban J connectivity index is 2.28. The van der Waals surface area contributed by atoms with Gasteiger partial charge in [-0.25, -0.2) is 9.78 Å². The molecule has 1 N–H and O–H groups in total. The lowest BCUT2D eigenvalue weighted by atomic mass is 10.1. The van der Waals surface area contributed by atoms with Crippen molar-refractivity contribution in [2.75, 3.05) is 6.54 Å². The Morgan fingerprint density at radius 1 is 1.17 bits per heavy atom. The molecular formula is C28H37ClN4O2. The van der Waals surface area contributed by atoms with Crippen molar-refractivity contribution in [2.24, 2.45) is 5.92 Å². The summed E-state index contributed by atoms with van der Waals surface area (Å²) in [7, 11) is 0. The van der Waals surface area contributed by atoms with Crippen LogP contribution in [0.1, 0.15) is 71.8 Å². The summed E-state index contributed by atoms with van der Waals surface area (Å²) >= 11 is 6.23. The fourth-order valence-corrected chi connectivity index (χ4v) is 4.43. The Bertz CT molecular complexity index is 1260. The number of nitrogens with zero attached hydrogens (tertiary/aromatic N) is 3. The number of hydrogen-bond donors (Lipinski definition) is 1. The fourth-order valence-electron chi connectivity index (χ4n) is 4.21. The lowest BCUT2D eigenvalue weighted by molar-refractivity contribution is 0.156. The fraction of sp³-hybridized carbons (Fsp3) is 0.464. The van der Waals surface area contributed by atoms with E-state index in [4.69, 9.17) is 16.6 Å². The van der Waals surface area contributed by atoms with E-state index in [0.717, 1.165) is 12.0 Å². The molecule has 188 valence electrons. The van der Waals surface area contributed by atoms with Gasteiger partial charge in [0.1, 0.15) is 5.82 Å². The number of fused-ring (bicyclic) bond motifs is 1. The number of hydrogen-bond acceptors (Lipinski definition) is 3. The molecule has 7 heteroatoms. The number of benzene rings is 2. The molecule has 3 rings (SSSR count). The number of nitrogens with one attached hydrogen (secondary N) is 1. The van der Waals surface area contributed by atoms with Gasteiger partial charge in [0, 0.05) is 17.1 Å². The molecule has 0 saturated heterocycles. The minimum atomic E-state index is -0.400. The van der Waals surface area contributed by atoms with Crippen LogP contribution in [0.15, 0.2) is 47.3 Å². The van der Waals surface area contributed by atoms with Crippen LogP contribution in [0.5, 0.6) is 0 Å². The van der Waals surface area contributed by atoms with Crippen LogP contribution in [-0.2, 0) is 0 Å². The number of rotatable bonds is 7. The molecule has 6 nitrogen and oxygen atoms in total. The summed E-state index contributed by atoms with van der Waals surface area (Å²) in [6.07, 6.45) is 1.44. The van der Waals surface area contributed by atoms with E-state index in [1.54, 1.807) is 16.7 Å². The number of carbonyl (C=O) groups is 1. The third-order valence-electron chi connectivity index (χ3n) is 5.95. The van der Waals surface area contributed by atoms with E-state index in [1.807, 2.05) is 69.9 Å². The van der Waals surface area contributed by atoms with E-state index >= 15 is 0 Å². The summed E-state index contributed by atoms with van der Waals surface area (Å²) in [5.74, 6) is 0.970. The topological polar surface area (TPSA) is 67.2 Å². The quantitative estimate of drug-likeness (QED) is 0.398. The lowest BCUT2D eigenvalue weighted by Gasteiger charge is -2.35. The van der Waals surface area contributed by atoms with Crippen LogP contribution in [-0.4, -0.2) is 32.6 Å². The Hall–Kier alpha value is -2.86. The minimum Gasteiger partial charge on any atom is -0.333 e. The molecule has 1 atom stereocenters. The predicted molar refractivity (Wildman–Crippen MR) is 145 cm³/mol. The summed E-state index contributed by atoms with van der Waals surface area (Å²) < 4.78 is 1.66. The van der Waals surface area contributed by atoms with Gasteiger partial charge in [0.2, 0.25) is 0 Å². The van der Waals surface area contributed by atoms with Gasteiger partial charge in [-0.05, 0) is 82.3 Å². The zero-order valence-corrected chi connectivity index (χ0v) is 22.6. The normalized spacial score (nSPS) is 12.7. The molecule has 2 amide bonds. The third kappa shape index (κ3) is 6.23. The van der Waals surface area contributed by atoms with Crippen molar-refractivity contribution in [3.05, 3.63) is 69.2 Å². The molecule has 1 heterocycles. The smallest absolute Gasteiger partial charge is 0.318 e. The molecule has 35 heavy (non-hydrogen) atoms. The summed E-state index contributed by atoms with van der Waals surface area (Å²) in [4.78, 5) is 34.2. The van der Waals surface area contributed by atoms with Crippen LogP contribution in [0.4, 0.5) is 4.79 Å². The van der Waals surface area contributed by atoms with E-state index in [9.17, 15) is 9.59 Å². The Kier molecular flexibility index (Phi) is 8.26. The first-order valence-electron chi connectivity index (χ1n) is 12.3. The second-order valence-corrected chi connectivity index (χ2v) is 11.0. The SMILES string of the molecule is CCC(c1nc2ccccc2c(=O)n1-c1ccc(Cl)cc1C)N(CCC(C)C)C(=O)NC(C)(C)C. The molecule has 0 spiro atoms. The number of halogens is 1. The third-order valence-corrected chi connectivity index (χ3v) is 6.19. The highest BCUT2D eigenvalue weighted by atomic mass is 35.5. The molecule has 1 aromatic heterocycles. The summed E-state index contributed by atoms with van der Waals surface area (Å²) in [6, 6.07) is 12.3. The molecule has 0 saturated carbocycles. The van der Waals surface area contributed by atoms with E-state index in [1.165, 1.54) is 0 Å². The Morgan fingerprint density at radius 3 is 2.46 bits per heavy atom. The number of amides is 2. The second-order valence-electron chi connectivity index (χ2n) is 10.5. The number of aryl methyl sites for hydroxylation is 1. The van der Waals surface area contributed by atoms with Crippen molar-refractivity contribution in [3.63, 3.8) is 0 Å². The van der Waals surface area contributed by atoms with Crippen molar-refractivity contribution in [3.8, 4) is 5.69 Å². The van der Waals surface area contributed by atoms with Crippen LogP contribution in [0.3, 0.4) is 0 Å². The summed E-state index contributed by atoms with van der Waals surface area (Å²) in [6.45, 7) is 14.7. The van der Waals surface area contributed by atoms with Crippen LogP contribution < -0.4 is 10.9 Å². The molecule has 3 aromatic rings. The van der Waals surface area contributed by atoms with E-state index in [0.29, 0.717) is 46.3 Å². The van der Waals surface area contributed by atoms with Gasteiger partial charge < -0.3 is 10.2 Å². The molecule has 0 bridgehead atoms. The van der Waals surface area contributed by atoms with Crippen molar-refractivity contribution in [1.82, 2.24) is 19.8 Å². The van der Waals surface area contributed by atoms with Crippen LogP contribution in [0.25, 0.3) is 16.6 Å². The van der Waals surface area contributed by atoms with Crippen molar-refractivity contribution in [1.29, 1.82) is 0 Å². The highest BCUT2D eigenvalue weighted by Crippen LogP contribution is 2.29. The van der Waals surface area contributed by atoms with E-state index < -0.39 is 11.6 Å². The highest BCUT2D eigenvalue weighted by Gasteiger charge is 2.31. The Labute approximate surface area is 213 Å². The number of para-hydroxylation sites is 1. The van der Waals surface area contributed by atoms with Crippen LogP contribution in [0, 0.1) is 12.8 Å². The number of aromatic nitrogens is 2. The van der Waals surface area contributed by atoms with Gasteiger partial charge in [0.25, 0.3) is 5.56 Å². The van der Waals surface area contributed by atoms with Gasteiger partial charge in [0.05, 0.1) is 22.6 Å². The summed E-state index contributed by atoms with van der Waals surface area (Å²) in [5, 5.41) is 4.25. The number of urea groups is 1. The van der Waals surface area contributed by atoms with Gasteiger partial charge >= 0.3 is 6.03 Å². The maximum absolute atomic E-state index is 13.9. The molecule has 0 aliphatic rings. The van der Waals surface area contributed by atoms with Gasteiger partial charge in [-0.15, -0.1) is 0 Å². The standard InChI is InChI=1S/C28H37ClN4O2/c1-8-23(32(16-15-18(2)3)27(35)31-28(5,6)7)25-30-22-12-10-9-11-21(22)26(34)33(25)24-14-13-20(29)17-19(24)4/h9-14,17-18,23H,8,15-16H2,1-7H3,(H,31,35). The van der Waals surface area contributed by atoms with Crippen molar-refractivity contribution >= 4 is 28.5 Å². The molecule has 0 fully saturated rings. The molecule has 0 aliphatic heterocycles. The van der Waals surface area contributed by atoms with Crippen LogP contribution >= 0.6 is 11.6 Å². The average Bonchev–Trinajstić information content (AvgIpc) is 2.76. The minimum absolute atomic E-state index is 0.158. The molecule has 0 aliphatic carbocycles.